The highest BCUT2D eigenvalue weighted by Crippen LogP contribution is 2.55. The van der Waals surface area contributed by atoms with Crippen molar-refractivity contribution in [2.45, 2.75) is 57.5 Å². The predicted octanol–water partition coefficient (Wildman–Crippen LogP) is 2.40. The molecule has 31 heavy (non-hydrogen) atoms. The van der Waals surface area contributed by atoms with Crippen LogP contribution in [0.1, 0.15) is 55.8 Å². The molecular weight excluding hydrogens is 398 g/mol. The number of benzene rings is 1. The number of rotatable bonds is 5. The van der Waals surface area contributed by atoms with Gasteiger partial charge in [-0.3, -0.25) is 10.1 Å². The molecule has 164 valence electrons. The molecule has 0 unspecified atom stereocenters. The average Bonchev–Trinajstić information content (AvgIpc) is 3.12. The van der Waals surface area contributed by atoms with E-state index in [1.165, 1.54) is 19.3 Å². The van der Waals surface area contributed by atoms with E-state index in [1.54, 1.807) is 22.9 Å². The van der Waals surface area contributed by atoms with Gasteiger partial charge in [-0.2, -0.15) is 0 Å². The molecule has 1 aromatic heterocycles. The molecule has 1 aromatic carbocycles. The molecule has 0 aliphatic heterocycles. The topological polar surface area (TPSA) is 115 Å². The lowest BCUT2D eigenvalue weighted by atomic mass is 9.53. The van der Waals surface area contributed by atoms with Crippen molar-refractivity contribution >= 4 is 28.9 Å². The number of esters is 1. The van der Waals surface area contributed by atoms with Crippen LogP contribution in [0.5, 0.6) is 0 Å². The maximum atomic E-state index is 12.4. The molecule has 0 saturated heterocycles. The zero-order chi connectivity index (χ0) is 21.6. The first-order valence-electron chi connectivity index (χ1n) is 11.1. The monoisotopic (exact) mass is 425 g/mol. The number of amides is 3. The van der Waals surface area contributed by atoms with Crippen LogP contribution in [-0.2, 0) is 16.1 Å². The highest BCUT2D eigenvalue weighted by Gasteiger charge is 2.51. The molecule has 0 spiro atoms. The van der Waals surface area contributed by atoms with Crippen LogP contribution in [0.25, 0.3) is 11.0 Å². The summed E-state index contributed by atoms with van der Waals surface area (Å²) in [5.41, 5.74) is 1.50. The molecular formula is C22H27N5O4. The largest absolute Gasteiger partial charge is 0.452 e. The molecule has 6 rings (SSSR count). The zero-order valence-corrected chi connectivity index (χ0v) is 17.6. The van der Waals surface area contributed by atoms with Crippen molar-refractivity contribution in [3.63, 3.8) is 0 Å². The van der Waals surface area contributed by atoms with Crippen LogP contribution in [0.3, 0.4) is 0 Å². The number of urea groups is 1. The van der Waals surface area contributed by atoms with Gasteiger partial charge in [-0.15, -0.1) is 5.10 Å². The number of hydrogen-bond acceptors (Lipinski definition) is 6. The van der Waals surface area contributed by atoms with Crippen molar-refractivity contribution in [2.24, 2.45) is 17.8 Å². The van der Waals surface area contributed by atoms with E-state index in [0.717, 1.165) is 24.8 Å². The molecule has 9 nitrogen and oxygen atoms in total. The average molecular weight is 425 g/mol. The summed E-state index contributed by atoms with van der Waals surface area (Å²) in [4.78, 5) is 36.9. The van der Waals surface area contributed by atoms with Gasteiger partial charge in [0.25, 0.3) is 5.91 Å². The van der Waals surface area contributed by atoms with Gasteiger partial charge in [-0.25, -0.2) is 14.3 Å². The number of aryl methyl sites for hydroxylation is 1. The molecule has 2 N–H and O–H groups in total. The van der Waals surface area contributed by atoms with Gasteiger partial charge in [0.05, 0.1) is 11.1 Å². The summed E-state index contributed by atoms with van der Waals surface area (Å²) in [6.07, 6.45) is 6.83. The third kappa shape index (κ3) is 3.88. The van der Waals surface area contributed by atoms with Gasteiger partial charge in [-0.1, -0.05) is 5.21 Å². The summed E-state index contributed by atoms with van der Waals surface area (Å²) in [5, 5.41) is 13.4. The van der Waals surface area contributed by atoms with Gasteiger partial charge in [0.15, 0.2) is 6.61 Å². The number of ether oxygens (including phenoxy) is 1. The second-order valence-corrected chi connectivity index (χ2v) is 9.39. The molecule has 9 heteroatoms. The molecule has 0 radical (unpaired) electrons. The van der Waals surface area contributed by atoms with Crippen LogP contribution in [-0.4, -0.2) is 45.0 Å². The van der Waals surface area contributed by atoms with Crippen LogP contribution in [0, 0.1) is 17.8 Å². The minimum absolute atomic E-state index is 0.179. The van der Waals surface area contributed by atoms with E-state index < -0.39 is 24.5 Å². The first-order valence-corrected chi connectivity index (χ1v) is 11.1. The molecule has 4 aliphatic carbocycles. The van der Waals surface area contributed by atoms with Gasteiger partial charge in [0, 0.05) is 12.1 Å². The quantitative estimate of drug-likeness (QED) is 0.711. The Morgan fingerprint density at radius 2 is 1.81 bits per heavy atom. The Bertz CT molecular complexity index is 1010. The molecule has 0 atom stereocenters. The summed E-state index contributed by atoms with van der Waals surface area (Å²) in [6.45, 7) is 2.10. The van der Waals surface area contributed by atoms with Crippen LogP contribution in [0.15, 0.2) is 18.2 Å². The van der Waals surface area contributed by atoms with Crippen molar-refractivity contribution in [3.8, 4) is 0 Å². The van der Waals surface area contributed by atoms with Crippen molar-refractivity contribution in [1.29, 1.82) is 0 Å². The molecule has 4 bridgehead atoms. The van der Waals surface area contributed by atoms with Crippen LogP contribution < -0.4 is 10.6 Å². The van der Waals surface area contributed by atoms with Crippen LogP contribution in [0.4, 0.5) is 4.79 Å². The SMILES string of the molecule is CCn1nnc2cc(C(=O)OCC(=O)NC(=O)NC34CC5CC(CC(C5)C3)C4)ccc21. The van der Waals surface area contributed by atoms with E-state index in [0.29, 0.717) is 29.8 Å². The number of nitrogens with one attached hydrogen (secondary N) is 2. The van der Waals surface area contributed by atoms with E-state index in [9.17, 15) is 14.4 Å². The number of carbonyl (C=O) groups excluding carboxylic acids is 3. The lowest BCUT2D eigenvalue weighted by Crippen LogP contribution is -2.62. The van der Waals surface area contributed by atoms with E-state index in [-0.39, 0.29) is 11.1 Å². The van der Waals surface area contributed by atoms with Crippen molar-refractivity contribution < 1.29 is 19.1 Å². The van der Waals surface area contributed by atoms with Gasteiger partial charge < -0.3 is 10.1 Å². The van der Waals surface area contributed by atoms with E-state index >= 15 is 0 Å². The Morgan fingerprint density at radius 1 is 1.13 bits per heavy atom. The summed E-state index contributed by atoms with van der Waals surface area (Å²) in [6, 6.07) is 4.43. The Kier molecular flexibility index (Phi) is 4.91. The highest BCUT2D eigenvalue weighted by atomic mass is 16.5. The summed E-state index contributed by atoms with van der Waals surface area (Å²) >= 11 is 0. The van der Waals surface area contributed by atoms with Gasteiger partial charge in [0.2, 0.25) is 0 Å². The van der Waals surface area contributed by atoms with Crippen LogP contribution in [0.2, 0.25) is 0 Å². The normalized spacial score (nSPS) is 28.5. The number of imide groups is 1. The smallest absolute Gasteiger partial charge is 0.338 e. The Labute approximate surface area is 179 Å². The Morgan fingerprint density at radius 3 is 2.45 bits per heavy atom. The van der Waals surface area contributed by atoms with Gasteiger partial charge in [0.1, 0.15) is 5.52 Å². The predicted molar refractivity (Wildman–Crippen MR) is 111 cm³/mol. The Hall–Kier alpha value is -2.97. The first-order chi connectivity index (χ1) is 14.9. The number of aromatic nitrogens is 3. The lowest BCUT2D eigenvalue weighted by molar-refractivity contribution is -0.123. The maximum absolute atomic E-state index is 12.4. The molecule has 4 aliphatic rings. The molecule has 2 aromatic rings. The third-order valence-electron chi connectivity index (χ3n) is 7.05. The summed E-state index contributed by atoms with van der Waals surface area (Å²) in [7, 11) is 0. The van der Waals surface area contributed by atoms with Crippen molar-refractivity contribution in [2.75, 3.05) is 6.61 Å². The Balaban J connectivity index is 1.13. The standard InChI is InChI=1S/C22H27N5O4/c1-2-27-18-4-3-16(8-17(18)25-26-27)20(29)31-12-19(28)23-21(30)24-22-9-13-5-14(10-22)7-15(6-13)11-22/h3-4,8,13-15H,2,5-7,9-12H2,1H3,(H2,23,24,28,30). The maximum Gasteiger partial charge on any atom is 0.338 e. The van der Waals surface area contributed by atoms with E-state index in [4.69, 9.17) is 4.74 Å². The molecule has 1 heterocycles. The van der Waals surface area contributed by atoms with Crippen molar-refractivity contribution in [1.82, 2.24) is 25.6 Å². The number of nitrogens with zero attached hydrogens (tertiary/aromatic N) is 3. The second-order valence-electron chi connectivity index (χ2n) is 9.39. The number of fused-ring (bicyclic) bond motifs is 1. The molecule has 3 amide bonds. The van der Waals surface area contributed by atoms with E-state index in [2.05, 4.69) is 20.9 Å². The highest BCUT2D eigenvalue weighted by molar-refractivity contribution is 5.98. The third-order valence-corrected chi connectivity index (χ3v) is 7.05. The molecule has 4 fully saturated rings. The van der Waals surface area contributed by atoms with Gasteiger partial charge >= 0.3 is 12.0 Å². The fourth-order valence-corrected chi connectivity index (χ4v) is 6.25. The number of carbonyl (C=O) groups is 3. The van der Waals surface area contributed by atoms with Crippen LogP contribution >= 0.6 is 0 Å². The van der Waals surface area contributed by atoms with Gasteiger partial charge in [-0.05, 0) is 81.4 Å². The fourth-order valence-electron chi connectivity index (χ4n) is 6.25. The summed E-state index contributed by atoms with van der Waals surface area (Å²) in [5.74, 6) is 0.788. The minimum atomic E-state index is -0.649. The zero-order valence-electron chi connectivity index (χ0n) is 17.6. The summed E-state index contributed by atoms with van der Waals surface area (Å²) < 4.78 is 6.80. The van der Waals surface area contributed by atoms with E-state index in [1.807, 2.05) is 6.92 Å². The lowest BCUT2D eigenvalue weighted by Gasteiger charge is -2.56. The first kappa shape index (κ1) is 20.0. The van der Waals surface area contributed by atoms with Crippen molar-refractivity contribution in [3.05, 3.63) is 23.8 Å². The second kappa shape index (κ2) is 7.62. The number of hydrogen-bond donors (Lipinski definition) is 2. The minimum Gasteiger partial charge on any atom is -0.452 e. The molecule has 4 saturated carbocycles. The fraction of sp³-hybridized carbons (Fsp3) is 0.591.